The van der Waals surface area contributed by atoms with E-state index in [1.54, 1.807) is 48.5 Å². The number of amides is 2. The van der Waals surface area contributed by atoms with Gasteiger partial charge < -0.3 is 4.74 Å². The van der Waals surface area contributed by atoms with E-state index in [1.165, 1.54) is 4.90 Å². The van der Waals surface area contributed by atoms with Gasteiger partial charge >= 0.3 is 5.97 Å². The lowest BCUT2D eigenvalue weighted by Gasteiger charge is -2.19. The smallest absolute Gasteiger partial charge is 0.343 e. The molecule has 27 heavy (non-hydrogen) atoms. The largest absolute Gasteiger partial charge is 0.423 e. The van der Waals surface area contributed by atoms with Gasteiger partial charge in [-0.1, -0.05) is 24.3 Å². The Morgan fingerprint density at radius 2 is 1.56 bits per heavy atom. The van der Waals surface area contributed by atoms with E-state index in [2.05, 4.69) is 0 Å². The minimum absolute atomic E-state index is 0.0938. The lowest BCUT2D eigenvalue weighted by atomic mass is 9.81. The molecular formula is C22H19NO4. The molecule has 2 amide bonds. The minimum atomic E-state index is -0.471. The number of esters is 1. The molecule has 0 N–H and O–H groups in total. The quantitative estimate of drug-likeness (QED) is 0.477. The number of imide groups is 1. The van der Waals surface area contributed by atoms with Crippen molar-refractivity contribution < 1.29 is 19.1 Å². The van der Waals surface area contributed by atoms with Crippen molar-refractivity contribution in [3.05, 3.63) is 60.2 Å². The number of nitrogens with zero attached hydrogens (tertiary/aromatic N) is 1. The molecule has 2 aromatic carbocycles. The highest BCUT2D eigenvalue weighted by molar-refractivity contribution is 6.22. The second-order valence-electron chi connectivity index (χ2n) is 7.65. The van der Waals surface area contributed by atoms with E-state index in [0.717, 1.165) is 19.3 Å². The summed E-state index contributed by atoms with van der Waals surface area (Å²) in [5.41, 5.74) is 0.930. The summed E-state index contributed by atoms with van der Waals surface area (Å²) in [6.07, 6.45) is 3.11. The summed E-state index contributed by atoms with van der Waals surface area (Å²) in [5, 5.41) is 0. The Hall–Kier alpha value is -2.95. The van der Waals surface area contributed by atoms with Crippen LogP contribution in [0.4, 0.5) is 5.69 Å². The van der Waals surface area contributed by atoms with E-state index < -0.39 is 5.97 Å². The van der Waals surface area contributed by atoms with Crippen LogP contribution in [0.5, 0.6) is 5.75 Å². The fourth-order valence-electron chi connectivity index (χ4n) is 5.09. The SMILES string of the molecule is O=C(Oc1cccc(N2C(=O)C3C4CCC(C4)C3C2=O)c1)c1ccccc1. The normalized spacial score (nSPS) is 28.5. The molecule has 5 nitrogen and oxygen atoms in total. The number of fused-ring (bicyclic) bond motifs is 5. The summed E-state index contributed by atoms with van der Waals surface area (Å²) in [6, 6.07) is 15.4. The third-order valence-corrected chi connectivity index (χ3v) is 6.22. The monoisotopic (exact) mass is 361 g/mol. The Balaban J connectivity index is 1.40. The Kier molecular flexibility index (Phi) is 3.64. The van der Waals surface area contributed by atoms with Crippen molar-refractivity contribution in [3.63, 3.8) is 0 Å². The molecular weight excluding hydrogens is 342 g/mol. The maximum absolute atomic E-state index is 12.9. The van der Waals surface area contributed by atoms with Gasteiger partial charge in [0.15, 0.2) is 0 Å². The molecule has 4 atom stereocenters. The molecule has 2 aliphatic carbocycles. The van der Waals surface area contributed by atoms with Gasteiger partial charge in [-0.15, -0.1) is 0 Å². The Labute approximate surface area is 156 Å². The van der Waals surface area contributed by atoms with E-state index in [0.29, 0.717) is 28.8 Å². The van der Waals surface area contributed by atoms with Crippen molar-refractivity contribution in [2.75, 3.05) is 4.90 Å². The fraction of sp³-hybridized carbons (Fsp3) is 0.318. The topological polar surface area (TPSA) is 63.7 Å². The maximum atomic E-state index is 12.9. The van der Waals surface area contributed by atoms with Gasteiger partial charge in [0.2, 0.25) is 11.8 Å². The first-order valence-corrected chi connectivity index (χ1v) is 9.38. The van der Waals surface area contributed by atoms with Crippen LogP contribution in [0.1, 0.15) is 29.6 Å². The van der Waals surface area contributed by atoms with Gasteiger partial charge in [0, 0.05) is 6.07 Å². The van der Waals surface area contributed by atoms with Crippen molar-refractivity contribution in [1.29, 1.82) is 0 Å². The number of hydrogen-bond donors (Lipinski definition) is 0. The van der Waals surface area contributed by atoms with Crippen LogP contribution in [0, 0.1) is 23.7 Å². The molecule has 136 valence electrons. The number of rotatable bonds is 3. The third kappa shape index (κ3) is 2.49. The lowest BCUT2D eigenvalue weighted by molar-refractivity contribution is -0.123. The van der Waals surface area contributed by atoms with Crippen LogP contribution in [0.2, 0.25) is 0 Å². The average molecular weight is 361 g/mol. The standard InChI is InChI=1S/C22H19NO4/c24-20-18-14-9-10-15(11-14)19(18)21(25)23(20)16-7-4-8-17(12-16)27-22(26)13-5-2-1-3-6-13/h1-8,12,14-15,18-19H,9-11H2. The predicted molar refractivity (Wildman–Crippen MR) is 98.1 cm³/mol. The Morgan fingerprint density at radius 1 is 0.889 bits per heavy atom. The third-order valence-electron chi connectivity index (χ3n) is 6.22. The number of hydrogen-bond acceptors (Lipinski definition) is 4. The highest BCUT2D eigenvalue weighted by Crippen LogP contribution is 2.56. The summed E-state index contributed by atoms with van der Waals surface area (Å²) in [7, 11) is 0. The van der Waals surface area contributed by atoms with Gasteiger partial charge in [-0.3, -0.25) is 9.59 Å². The number of benzene rings is 2. The van der Waals surface area contributed by atoms with E-state index in [4.69, 9.17) is 4.74 Å². The first-order valence-electron chi connectivity index (χ1n) is 9.38. The van der Waals surface area contributed by atoms with Gasteiger partial charge in [-0.2, -0.15) is 0 Å². The molecule has 2 aromatic rings. The molecule has 1 saturated heterocycles. The number of anilines is 1. The molecule has 5 rings (SSSR count). The zero-order chi connectivity index (χ0) is 18.5. The summed E-state index contributed by atoms with van der Waals surface area (Å²) >= 11 is 0. The van der Waals surface area contributed by atoms with Gasteiger partial charge in [-0.05, 0) is 55.4 Å². The summed E-state index contributed by atoms with van der Waals surface area (Å²) < 4.78 is 5.43. The van der Waals surface area contributed by atoms with Crippen molar-refractivity contribution in [2.45, 2.75) is 19.3 Å². The highest BCUT2D eigenvalue weighted by atomic mass is 16.5. The molecule has 4 unspecified atom stereocenters. The average Bonchev–Trinajstić information content (AvgIpc) is 3.36. The highest BCUT2D eigenvalue weighted by Gasteiger charge is 2.61. The van der Waals surface area contributed by atoms with Gasteiger partial charge in [-0.25, -0.2) is 9.69 Å². The Bertz CT molecular complexity index is 910. The van der Waals surface area contributed by atoms with E-state index in [-0.39, 0.29) is 23.7 Å². The predicted octanol–water partition coefficient (Wildman–Crippen LogP) is 3.44. The number of ether oxygens (including phenoxy) is 1. The lowest BCUT2D eigenvalue weighted by Crippen LogP contribution is -2.32. The van der Waals surface area contributed by atoms with E-state index >= 15 is 0 Å². The molecule has 0 spiro atoms. The molecule has 1 aliphatic heterocycles. The van der Waals surface area contributed by atoms with E-state index in [1.807, 2.05) is 6.07 Å². The minimum Gasteiger partial charge on any atom is -0.423 e. The van der Waals surface area contributed by atoms with Crippen LogP contribution in [0.25, 0.3) is 0 Å². The molecule has 2 bridgehead atoms. The van der Waals surface area contributed by atoms with Crippen molar-refractivity contribution in [1.82, 2.24) is 0 Å². The number of carbonyl (C=O) groups excluding carboxylic acids is 3. The molecule has 3 fully saturated rings. The fourth-order valence-corrected chi connectivity index (χ4v) is 5.09. The number of carbonyl (C=O) groups is 3. The van der Waals surface area contributed by atoms with Crippen molar-refractivity contribution in [3.8, 4) is 5.75 Å². The molecule has 1 heterocycles. The molecule has 0 radical (unpaired) electrons. The molecule has 0 aromatic heterocycles. The van der Waals surface area contributed by atoms with Gasteiger partial charge in [0.05, 0.1) is 23.1 Å². The molecule has 2 saturated carbocycles. The van der Waals surface area contributed by atoms with Gasteiger partial charge in [0.25, 0.3) is 0 Å². The van der Waals surface area contributed by atoms with Crippen LogP contribution < -0.4 is 9.64 Å². The molecule has 3 aliphatic rings. The van der Waals surface area contributed by atoms with Crippen LogP contribution >= 0.6 is 0 Å². The Morgan fingerprint density at radius 3 is 2.22 bits per heavy atom. The molecule has 5 heteroatoms. The zero-order valence-electron chi connectivity index (χ0n) is 14.7. The van der Waals surface area contributed by atoms with Crippen molar-refractivity contribution >= 4 is 23.5 Å². The second-order valence-corrected chi connectivity index (χ2v) is 7.65. The zero-order valence-corrected chi connectivity index (χ0v) is 14.7. The van der Waals surface area contributed by atoms with E-state index in [9.17, 15) is 14.4 Å². The first-order chi connectivity index (χ1) is 13.1. The van der Waals surface area contributed by atoms with Crippen LogP contribution in [0.15, 0.2) is 54.6 Å². The van der Waals surface area contributed by atoms with Crippen LogP contribution in [-0.4, -0.2) is 17.8 Å². The van der Waals surface area contributed by atoms with Crippen LogP contribution in [-0.2, 0) is 9.59 Å². The summed E-state index contributed by atoms with van der Waals surface area (Å²) in [4.78, 5) is 39.4. The second kappa shape index (κ2) is 6.05. The summed E-state index contributed by atoms with van der Waals surface area (Å²) in [6.45, 7) is 0. The van der Waals surface area contributed by atoms with Gasteiger partial charge in [0.1, 0.15) is 5.75 Å². The maximum Gasteiger partial charge on any atom is 0.343 e. The van der Waals surface area contributed by atoms with Crippen molar-refractivity contribution in [2.24, 2.45) is 23.7 Å². The first kappa shape index (κ1) is 16.2. The summed E-state index contributed by atoms with van der Waals surface area (Å²) in [5.74, 6) is 0.0378. The van der Waals surface area contributed by atoms with Crippen LogP contribution in [0.3, 0.4) is 0 Å².